The van der Waals surface area contributed by atoms with Gasteiger partial charge in [-0.1, -0.05) is 70.0 Å². The Morgan fingerprint density at radius 2 is 1.49 bits per heavy atom. The summed E-state index contributed by atoms with van der Waals surface area (Å²) in [4.78, 5) is 27.9. The molecule has 3 aromatic rings. The minimum Gasteiger partial charge on any atom is -0.497 e. The lowest BCUT2D eigenvalue weighted by molar-refractivity contribution is 0.0534. The number of fused-ring (bicyclic) bond motifs is 1. The van der Waals surface area contributed by atoms with Crippen molar-refractivity contribution >= 4 is 32.2 Å². The number of carbonyl (C=O) groups excluding carboxylic acids is 2. The van der Waals surface area contributed by atoms with E-state index in [9.17, 15) is 20.1 Å². The fraction of sp³-hybridized carbons (Fsp3) is 0.143. The van der Waals surface area contributed by atoms with Gasteiger partial charge in [-0.3, -0.25) is 14.5 Å². The Bertz CT molecular complexity index is 1360. The molecule has 4 rings (SSSR count). The van der Waals surface area contributed by atoms with Crippen molar-refractivity contribution in [3.8, 4) is 17.9 Å². The van der Waals surface area contributed by atoms with Crippen LogP contribution in [0.3, 0.4) is 0 Å². The van der Waals surface area contributed by atoms with E-state index in [1.165, 1.54) is 13.2 Å². The van der Waals surface area contributed by atoms with E-state index in [0.717, 1.165) is 16.0 Å². The number of hydrogen-bond donors (Lipinski definition) is 0. The fourth-order valence-electron chi connectivity index (χ4n) is 4.13. The predicted molar refractivity (Wildman–Crippen MR) is 134 cm³/mol. The molecule has 0 saturated carbocycles. The van der Waals surface area contributed by atoms with Crippen molar-refractivity contribution in [3.63, 3.8) is 0 Å². The molecule has 1 atom stereocenters. The summed E-state index contributed by atoms with van der Waals surface area (Å²) in [6, 6.07) is 23.7. The van der Waals surface area contributed by atoms with Gasteiger partial charge < -0.3 is 4.74 Å². The molecular weight excluding hydrogens is 506 g/mol. The molecule has 172 valence electrons. The first-order valence-electron chi connectivity index (χ1n) is 10.7. The molecule has 2 amide bonds. The minimum absolute atomic E-state index is 0.238. The maximum Gasteiger partial charge on any atom is 0.262 e. The number of ether oxygens (including phenoxy) is 1. The van der Waals surface area contributed by atoms with Gasteiger partial charge in [-0.15, -0.1) is 0 Å². The molecule has 0 spiro atoms. The summed E-state index contributed by atoms with van der Waals surface area (Å²) in [7, 11) is 1.52. The molecule has 1 heterocycles. The first-order chi connectivity index (χ1) is 16.8. The Morgan fingerprint density at radius 1 is 0.943 bits per heavy atom. The summed E-state index contributed by atoms with van der Waals surface area (Å²) < 4.78 is 5.74. The maximum atomic E-state index is 13.4. The van der Waals surface area contributed by atoms with Crippen LogP contribution in [0.5, 0.6) is 5.75 Å². The van der Waals surface area contributed by atoms with E-state index in [1.807, 2.05) is 31.2 Å². The smallest absolute Gasteiger partial charge is 0.262 e. The van der Waals surface area contributed by atoms with Crippen LogP contribution < -0.4 is 4.74 Å². The molecule has 3 aromatic carbocycles. The van der Waals surface area contributed by atoms with Gasteiger partial charge in [0.25, 0.3) is 11.8 Å². The summed E-state index contributed by atoms with van der Waals surface area (Å²) in [5, 5.41) is 20.8. The van der Waals surface area contributed by atoms with Crippen molar-refractivity contribution in [1.29, 1.82) is 10.5 Å². The van der Waals surface area contributed by atoms with E-state index < -0.39 is 23.3 Å². The molecule has 1 unspecified atom stereocenters. The van der Waals surface area contributed by atoms with Gasteiger partial charge in [-0.05, 0) is 48.4 Å². The Labute approximate surface area is 211 Å². The summed E-state index contributed by atoms with van der Waals surface area (Å²) in [6.45, 7) is 1.96. The number of carbonyl (C=O) groups is 2. The zero-order valence-corrected chi connectivity index (χ0v) is 20.6. The van der Waals surface area contributed by atoms with Crippen molar-refractivity contribution in [1.82, 2.24) is 4.90 Å². The third-order valence-corrected chi connectivity index (χ3v) is 6.69. The second kappa shape index (κ2) is 9.58. The molecular formula is C28H20BrN3O3. The zero-order valence-electron chi connectivity index (χ0n) is 19.0. The number of halogens is 1. The Kier molecular flexibility index (Phi) is 6.55. The predicted octanol–water partition coefficient (Wildman–Crippen LogP) is 5.81. The molecule has 35 heavy (non-hydrogen) atoms. The van der Waals surface area contributed by atoms with Crippen LogP contribution in [-0.2, 0) is 0 Å². The van der Waals surface area contributed by atoms with Crippen molar-refractivity contribution in [3.05, 3.63) is 107 Å². The number of amides is 2. The molecule has 0 aliphatic carbocycles. The fourth-order valence-corrected chi connectivity index (χ4v) is 4.76. The average molecular weight is 526 g/mol. The number of rotatable bonds is 6. The van der Waals surface area contributed by atoms with Crippen molar-refractivity contribution < 1.29 is 14.3 Å². The van der Waals surface area contributed by atoms with Crippen molar-refractivity contribution in [2.75, 3.05) is 7.11 Å². The van der Waals surface area contributed by atoms with Gasteiger partial charge in [-0.25, -0.2) is 0 Å². The van der Waals surface area contributed by atoms with Crippen LogP contribution in [0.15, 0.2) is 78.9 Å². The van der Waals surface area contributed by atoms with Gasteiger partial charge in [0, 0.05) is 4.48 Å². The van der Waals surface area contributed by atoms with E-state index in [2.05, 4.69) is 28.1 Å². The van der Waals surface area contributed by atoms with Crippen LogP contribution in [-0.4, -0.2) is 23.8 Å². The highest BCUT2D eigenvalue weighted by Crippen LogP contribution is 2.45. The second-order valence-corrected chi connectivity index (χ2v) is 9.01. The summed E-state index contributed by atoms with van der Waals surface area (Å²) >= 11 is 3.51. The van der Waals surface area contributed by atoms with E-state index in [1.54, 1.807) is 48.5 Å². The second-order valence-electron chi connectivity index (χ2n) is 8.15. The molecule has 0 fully saturated rings. The summed E-state index contributed by atoms with van der Waals surface area (Å²) in [5.74, 6) is -0.548. The number of imide groups is 1. The van der Waals surface area contributed by atoms with Gasteiger partial charge in [0.2, 0.25) is 0 Å². The lowest BCUT2D eigenvalue weighted by Gasteiger charge is -2.34. The Hall–Kier alpha value is -4.20. The topological polar surface area (TPSA) is 94.2 Å². The standard InChI is InChI=1S/C28H20BrN3O3/c1-18-7-9-19(10-8-18)24(29)15-28(16-30,17-31)25(20-11-13-21(35-2)14-12-20)32-26(33)22-5-3-4-6-23(22)27(32)34/h3-15,25H,1-2H3/b24-15+. The minimum atomic E-state index is -1.90. The monoisotopic (exact) mass is 525 g/mol. The lowest BCUT2D eigenvalue weighted by atomic mass is 9.77. The van der Waals surface area contributed by atoms with E-state index >= 15 is 0 Å². The van der Waals surface area contributed by atoms with Crippen LogP contribution in [0.1, 0.15) is 43.4 Å². The van der Waals surface area contributed by atoms with Crippen LogP contribution in [0, 0.1) is 35.0 Å². The quantitative estimate of drug-likeness (QED) is 0.378. The SMILES string of the molecule is COc1ccc(C(N2C(=O)c3ccccc3C2=O)C(C#N)(C#N)/C=C(/Br)c2ccc(C)cc2)cc1. The van der Waals surface area contributed by atoms with E-state index in [0.29, 0.717) is 15.8 Å². The number of hydrogen-bond acceptors (Lipinski definition) is 5. The third-order valence-electron chi connectivity index (χ3n) is 6.00. The third kappa shape index (κ3) is 4.23. The van der Waals surface area contributed by atoms with Crippen LogP contribution in [0.2, 0.25) is 0 Å². The average Bonchev–Trinajstić information content (AvgIpc) is 3.14. The van der Waals surface area contributed by atoms with E-state index in [-0.39, 0.29) is 11.1 Å². The normalized spacial score (nSPS) is 14.2. The zero-order chi connectivity index (χ0) is 25.2. The molecule has 0 aromatic heterocycles. The number of nitriles is 2. The van der Waals surface area contributed by atoms with Gasteiger partial charge in [0.15, 0.2) is 5.41 Å². The maximum absolute atomic E-state index is 13.4. The van der Waals surface area contributed by atoms with Gasteiger partial charge in [-0.2, -0.15) is 10.5 Å². The number of benzene rings is 3. The number of aryl methyl sites for hydroxylation is 1. The highest BCUT2D eigenvalue weighted by atomic mass is 79.9. The summed E-state index contributed by atoms with van der Waals surface area (Å²) in [6.07, 6.45) is 1.47. The Morgan fingerprint density at radius 3 is 1.97 bits per heavy atom. The van der Waals surface area contributed by atoms with Crippen LogP contribution in [0.4, 0.5) is 0 Å². The van der Waals surface area contributed by atoms with Crippen LogP contribution >= 0.6 is 15.9 Å². The molecule has 0 N–H and O–H groups in total. The van der Waals surface area contributed by atoms with Crippen LogP contribution in [0.25, 0.3) is 4.48 Å². The molecule has 1 aliphatic rings. The van der Waals surface area contributed by atoms with Crippen molar-refractivity contribution in [2.24, 2.45) is 5.41 Å². The van der Waals surface area contributed by atoms with Gasteiger partial charge >= 0.3 is 0 Å². The molecule has 6 nitrogen and oxygen atoms in total. The van der Waals surface area contributed by atoms with Crippen molar-refractivity contribution in [2.45, 2.75) is 13.0 Å². The molecule has 0 radical (unpaired) electrons. The highest BCUT2D eigenvalue weighted by Gasteiger charge is 2.50. The molecule has 0 bridgehead atoms. The van der Waals surface area contributed by atoms with Gasteiger partial charge in [0.1, 0.15) is 11.8 Å². The molecule has 1 aliphatic heterocycles. The molecule has 7 heteroatoms. The first kappa shape index (κ1) is 23.9. The Balaban J connectivity index is 1.92. The first-order valence-corrected chi connectivity index (χ1v) is 11.5. The highest BCUT2D eigenvalue weighted by molar-refractivity contribution is 9.15. The van der Waals surface area contributed by atoms with Gasteiger partial charge in [0.05, 0.1) is 30.4 Å². The molecule has 0 saturated heterocycles. The number of nitrogens with zero attached hydrogens (tertiary/aromatic N) is 3. The lowest BCUT2D eigenvalue weighted by Crippen LogP contribution is -2.42. The summed E-state index contributed by atoms with van der Waals surface area (Å²) in [5.41, 5.74) is 0.837. The van der Waals surface area contributed by atoms with E-state index in [4.69, 9.17) is 4.74 Å². The number of methoxy groups -OCH3 is 1. The largest absolute Gasteiger partial charge is 0.497 e.